The van der Waals surface area contributed by atoms with E-state index in [0.717, 1.165) is 28.0 Å². The second kappa shape index (κ2) is 7.45. The van der Waals surface area contributed by atoms with Crippen LogP contribution in [0.1, 0.15) is 42.6 Å². The summed E-state index contributed by atoms with van der Waals surface area (Å²) in [5.74, 6) is 0. The molecule has 0 aliphatic heterocycles. The maximum absolute atomic E-state index is 6.35. The van der Waals surface area contributed by atoms with Gasteiger partial charge in [-0.25, -0.2) is 4.98 Å². The molecule has 0 bridgehead atoms. The molecule has 0 spiro atoms. The monoisotopic (exact) mass is 385 g/mol. The van der Waals surface area contributed by atoms with E-state index in [4.69, 9.17) is 16.6 Å². The van der Waals surface area contributed by atoms with Crippen LogP contribution in [0, 0.1) is 13.8 Å². The number of aryl methyl sites for hydroxylation is 1. The third-order valence-electron chi connectivity index (χ3n) is 5.32. The number of aromatic nitrogens is 2. The van der Waals surface area contributed by atoms with Crippen LogP contribution in [0.15, 0.2) is 35.7 Å². The number of hydrogen-bond acceptors (Lipinski definition) is 3. The third kappa shape index (κ3) is 3.53. The first-order chi connectivity index (χ1) is 12.6. The number of nitrogens with zero attached hydrogens (tertiary/aromatic N) is 2. The Hall–Kier alpha value is -1.78. The van der Waals surface area contributed by atoms with E-state index in [2.05, 4.69) is 41.2 Å². The minimum atomic E-state index is 0.599. The van der Waals surface area contributed by atoms with Gasteiger partial charge in [-0.05, 0) is 44.4 Å². The summed E-state index contributed by atoms with van der Waals surface area (Å²) in [7, 11) is 0. The van der Waals surface area contributed by atoms with Crippen molar-refractivity contribution in [2.75, 3.05) is 5.32 Å². The van der Waals surface area contributed by atoms with Gasteiger partial charge in [0.1, 0.15) is 0 Å². The zero-order chi connectivity index (χ0) is 18.1. The van der Waals surface area contributed by atoms with Gasteiger partial charge in [-0.15, -0.1) is 11.3 Å². The molecule has 3 aromatic rings. The Bertz CT molecular complexity index is 906. The summed E-state index contributed by atoms with van der Waals surface area (Å²) in [6.07, 6.45) is 5.20. The van der Waals surface area contributed by atoms with Gasteiger partial charge < -0.3 is 9.88 Å². The highest BCUT2D eigenvalue weighted by molar-refractivity contribution is 7.14. The number of benzene rings is 1. The summed E-state index contributed by atoms with van der Waals surface area (Å²) in [4.78, 5) is 4.85. The molecule has 2 heterocycles. The van der Waals surface area contributed by atoms with E-state index in [0.29, 0.717) is 6.04 Å². The lowest BCUT2D eigenvalue weighted by atomic mass is 10.2. The Morgan fingerprint density at radius 2 is 2.00 bits per heavy atom. The van der Waals surface area contributed by atoms with Gasteiger partial charge in [0, 0.05) is 39.9 Å². The summed E-state index contributed by atoms with van der Waals surface area (Å²) < 4.78 is 2.32. The van der Waals surface area contributed by atoms with Crippen molar-refractivity contribution in [1.82, 2.24) is 9.55 Å². The molecule has 3 nitrogen and oxygen atoms in total. The largest absolute Gasteiger partial charge is 0.359 e. The molecule has 1 saturated carbocycles. The van der Waals surface area contributed by atoms with E-state index in [1.54, 1.807) is 11.3 Å². The predicted molar refractivity (Wildman–Crippen MR) is 111 cm³/mol. The first kappa shape index (κ1) is 17.6. The highest BCUT2D eigenvalue weighted by atomic mass is 35.5. The van der Waals surface area contributed by atoms with Crippen molar-refractivity contribution in [1.29, 1.82) is 0 Å². The van der Waals surface area contributed by atoms with Gasteiger partial charge in [-0.1, -0.05) is 42.6 Å². The van der Waals surface area contributed by atoms with E-state index in [-0.39, 0.29) is 0 Å². The normalized spacial score (nSPS) is 14.9. The first-order valence-corrected chi connectivity index (χ1v) is 10.5. The van der Waals surface area contributed by atoms with Crippen LogP contribution in [-0.4, -0.2) is 15.6 Å². The Labute approximate surface area is 164 Å². The first-order valence-electron chi connectivity index (χ1n) is 9.24. The van der Waals surface area contributed by atoms with Crippen molar-refractivity contribution in [2.45, 2.75) is 52.1 Å². The van der Waals surface area contributed by atoms with E-state index in [9.17, 15) is 0 Å². The lowest BCUT2D eigenvalue weighted by Gasteiger charge is -2.11. The molecule has 1 aromatic carbocycles. The zero-order valence-electron chi connectivity index (χ0n) is 15.3. The SMILES string of the molecule is Cc1cc(-c2csc(NC3CCCC3)n2)c(C)n1Cc1ccccc1Cl. The summed E-state index contributed by atoms with van der Waals surface area (Å²) >= 11 is 8.06. The molecule has 0 atom stereocenters. The van der Waals surface area contributed by atoms with Crippen molar-refractivity contribution < 1.29 is 0 Å². The van der Waals surface area contributed by atoms with Gasteiger partial charge in [-0.2, -0.15) is 0 Å². The average Bonchev–Trinajstić information content (AvgIpc) is 3.35. The van der Waals surface area contributed by atoms with Crippen LogP contribution in [0.25, 0.3) is 11.3 Å². The summed E-state index contributed by atoms with van der Waals surface area (Å²) in [6, 6.07) is 10.9. The van der Waals surface area contributed by atoms with Crippen LogP contribution in [-0.2, 0) is 6.54 Å². The molecule has 1 aliphatic carbocycles. The summed E-state index contributed by atoms with van der Waals surface area (Å²) in [5.41, 5.74) is 5.89. The highest BCUT2D eigenvalue weighted by Crippen LogP contribution is 2.32. The molecule has 1 aliphatic rings. The minimum Gasteiger partial charge on any atom is -0.359 e. The zero-order valence-corrected chi connectivity index (χ0v) is 16.8. The molecule has 0 unspecified atom stereocenters. The van der Waals surface area contributed by atoms with Gasteiger partial charge in [-0.3, -0.25) is 0 Å². The average molecular weight is 386 g/mol. The fraction of sp³-hybridized carbons (Fsp3) is 0.381. The van der Waals surface area contributed by atoms with Crippen LogP contribution < -0.4 is 5.32 Å². The van der Waals surface area contributed by atoms with Crippen molar-refractivity contribution in [3.05, 3.63) is 57.7 Å². The quantitative estimate of drug-likeness (QED) is 0.559. The second-order valence-corrected chi connectivity index (χ2v) is 8.39. The fourth-order valence-corrected chi connectivity index (χ4v) is 4.79. The van der Waals surface area contributed by atoms with E-state index >= 15 is 0 Å². The third-order valence-corrected chi connectivity index (χ3v) is 6.47. The standard InChI is InChI=1S/C21H24ClN3S/c1-14-11-18(15(2)25(14)12-16-7-3-6-10-19(16)22)20-13-26-21(24-20)23-17-8-4-5-9-17/h3,6-7,10-11,13,17H,4-5,8-9,12H2,1-2H3,(H,23,24). The topological polar surface area (TPSA) is 29.9 Å². The van der Waals surface area contributed by atoms with Crippen LogP contribution in [0.3, 0.4) is 0 Å². The molecule has 1 N–H and O–H groups in total. The number of rotatable bonds is 5. The summed E-state index contributed by atoms with van der Waals surface area (Å²) in [5, 5.41) is 7.63. The molecule has 0 amide bonds. The van der Waals surface area contributed by atoms with E-state index in [1.165, 1.54) is 42.6 Å². The fourth-order valence-electron chi connectivity index (χ4n) is 3.81. The molecular weight excluding hydrogens is 362 g/mol. The molecule has 1 fully saturated rings. The van der Waals surface area contributed by atoms with Gasteiger partial charge >= 0.3 is 0 Å². The Morgan fingerprint density at radius 3 is 2.77 bits per heavy atom. The minimum absolute atomic E-state index is 0.599. The molecule has 136 valence electrons. The van der Waals surface area contributed by atoms with Gasteiger partial charge in [0.15, 0.2) is 5.13 Å². The number of anilines is 1. The molecule has 2 aromatic heterocycles. The maximum Gasteiger partial charge on any atom is 0.183 e. The van der Waals surface area contributed by atoms with E-state index in [1.807, 2.05) is 18.2 Å². The van der Waals surface area contributed by atoms with E-state index < -0.39 is 0 Å². The number of hydrogen-bond donors (Lipinski definition) is 1. The predicted octanol–water partition coefficient (Wildman–Crippen LogP) is 6.28. The molecular formula is C21H24ClN3S. The molecule has 5 heteroatoms. The van der Waals surface area contributed by atoms with Crippen molar-refractivity contribution in [2.24, 2.45) is 0 Å². The van der Waals surface area contributed by atoms with Gasteiger partial charge in [0.05, 0.1) is 5.69 Å². The number of halogens is 1. The van der Waals surface area contributed by atoms with Crippen molar-refractivity contribution in [3.8, 4) is 11.3 Å². The van der Waals surface area contributed by atoms with Crippen LogP contribution in [0.5, 0.6) is 0 Å². The Morgan fingerprint density at radius 1 is 1.23 bits per heavy atom. The maximum atomic E-state index is 6.35. The lowest BCUT2D eigenvalue weighted by molar-refractivity contribution is 0.750. The van der Waals surface area contributed by atoms with Crippen LogP contribution in [0.4, 0.5) is 5.13 Å². The Kier molecular flexibility index (Phi) is 5.05. The van der Waals surface area contributed by atoms with Crippen molar-refractivity contribution in [3.63, 3.8) is 0 Å². The molecule has 0 radical (unpaired) electrons. The summed E-state index contributed by atoms with van der Waals surface area (Å²) in [6.45, 7) is 5.11. The van der Waals surface area contributed by atoms with Gasteiger partial charge in [0.2, 0.25) is 0 Å². The Balaban J connectivity index is 1.58. The van der Waals surface area contributed by atoms with Gasteiger partial charge in [0.25, 0.3) is 0 Å². The van der Waals surface area contributed by atoms with Crippen molar-refractivity contribution >= 4 is 28.1 Å². The second-order valence-electron chi connectivity index (χ2n) is 7.13. The van der Waals surface area contributed by atoms with Crippen LogP contribution >= 0.6 is 22.9 Å². The highest BCUT2D eigenvalue weighted by Gasteiger charge is 2.18. The molecule has 4 rings (SSSR count). The van der Waals surface area contributed by atoms with Crippen LogP contribution in [0.2, 0.25) is 5.02 Å². The molecule has 0 saturated heterocycles. The number of nitrogens with one attached hydrogen (secondary N) is 1. The lowest BCUT2D eigenvalue weighted by Crippen LogP contribution is -2.14. The molecule has 26 heavy (non-hydrogen) atoms. The number of thiazole rings is 1. The smallest absolute Gasteiger partial charge is 0.183 e.